The van der Waals surface area contributed by atoms with Gasteiger partial charge in [0.25, 0.3) is 0 Å². The van der Waals surface area contributed by atoms with E-state index in [2.05, 4.69) is 24.0 Å². The molecule has 1 aliphatic rings. The third-order valence-corrected chi connectivity index (χ3v) is 3.39. The molecule has 3 rings (SSSR count). The van der Waals surface area contributed by atoms with Gasteiger partial charge in [0.15, 0.2) is 0 Å². The van der Waals surface area contributed by atoms with E-state index >= 15 is 0 Å². The maximum Gasteiger partial charge on any atom is 0.123 e. The van der Waals surface area contributed by atoms with Gasteiger partial charge in [0, 0.05) is 6.04 Å². The van der Waals surface area contributed by atoms with Crippen LogP contribution in [0.1, 0.15) is 24.2 Å². The van der Waals surface area contributed by atoms with E-state index < -0.39 is 0 Å². The fourth-order valence-corrected chi connectivity index (χ4v) is 2.30. The van der Waals surface area contributed by atoms with E-state index in [4.69, 9.17) is 10.2 Å². The number of benzene rings is 1. The van der Waals surface area contributed by atoms with Crippen LogP contribution in [0.4, 0.5) is 11.4 Å². The van der Waals surface area contributed by atoms with Crippen LogP contribution in [0.25, 0.3) is 0 Å². The Kier molecular flexibility index (Phi) is 2.74. The summed E-state index contributed by atoms with van der Waals surface area (Å²) in [7, 11) is 0. The Hall–Kier alpha value is -1.90. The Bertz CT molecular complexity index is 529. The molecule has 1 aliphatic carbocycles. The molecule has 0 saturated heterocycles. The molecule has 3 nitrogen and oxygen atoms in total. The van der Waals surface area contributed by atoms with Crippen molar-refractivity contribution in [3.8, 4) is 0 Å². The largest absolute Gasteiger partial charge is 0.467 e. The molecule has 1 heterocycles. The molecule has 1 aromatic heterocycles. The zero-order valence-electron chi connectivity index (χ0n) is 10.6. The lowest BCUT2D eigenvalue weighted by Gasteiger charge is -2.25. The molecule has 3 heteroatoms. The van der Waals surface area contributed by atoms with Crippen molar-refractivity contribution in [2.45, 2.75) is 32.4 Å². The number of furan rings is 1. The van der Waals surface area contributed by atoms with E-state index in [1.54, 1.807) is 6.26 Å². The van der Waals surface area contributed by atoms with Crippen LogP contribution in [0.2, 0.25) is 0 Å². The fourth-order valence-electron chi connectivity index (χ4n) is 2.30. The van der Waals surface area contributed by atoms with Crippen LogP contribution in [0.3, 0.4) is 0 Å². The second kappa shape index (κ2) is 4.41. The summed E-state index contributed by atoms with van der Waals surface area (Å²) < 4.78 is 5.44. The number of rotatable bonds is 4. The third-order valence-electron chi connectivity index (χ3n) is 3.39. The van der Waals surface area contributed by atoms with Crippen LogP contribution in [-0.2, 0) is 6.54 Å². The van der Waals surface area contributed by atoms with Gasteiger partial charge in [-0.25, -0.2) is 0 Å². The zero-order chi connectivity index (χ0) is 12.5. The fraction of sp³-hybridized carbons (Fsp3) is 0.333. The summed E-state index contributed by atoms with van der Waals surface area (Å²) in [5.41, 5.74) is 9.32. The molecular weight excluding hydrogens is 224 g/mol. The van der Waals surface area contributed by atoms with Gasteiger partial charge in [-0.1, -0.05) is 6.07 Å². The summed E-state index contributed by atoms with van der Waals surface area (Å²) in [6.07, 6.45) is 4.21. The van der Waals surface area contributed by atoms with Crippen LogP contribution >= 0.6 is 0 Å². The highest BCUT2D eigenvalue weighted by atomic mass is 16.3. The Labute approximate surface area is 107 Å². The molecule has 2 aromatic rings. The number of aryl methyl sites for hydroxylation is 1. The number of hydrogen-bond donors (Lipinski definition) is 1. The van der Waals surface area contributed by atoms with Crippen LogP contribution < -0.4 is 10.6 Å². The summed E-state index contributed by atoms with van der Waals surface area (Å²) in [6.45, 7) is 2.86. The minimum Gasteiger partial charge on any atom is -0.467 e. The summed E-state index contributed by atoms with van der Waals surface area (Å²) in [6, 6.07) is 10.8. The van der Waals surface area contributed by atoms with Gasteiger partial charge in [0.1, 0.15) is 5.76 Å². The van der Waals surface area contributed by atoms with E-state index in [0.717, 1.165) is 23.7 Å². The molecule has 1 fully saturated rings. The Morgan fingerprint density at radius 2 is 2.17 bits per heavy atom. The smallest absolute Gasteiger partial charge is 0.123 e. The second-order valence-corrected chi connectivity index (χ2v) is 5.00. The molecule has 0 atom stereocenters. The Morgan fingerprint density at radius 3 is 2.78 bits per heavy atom. The molecule has 0 radical (unpaired) electrons. The maximum absolute atomic E-state index is 6.14. The molecule has 1 aromatic carbocycles. The van der Waals surface area contributed by atoms with Crippen LogP contribution in [0.15, 0.2) is 41.0 Å². The predicted octanol–water partition coefficient (Wildman–Crippen LogP) is 3.34. The van der Waals surface area contributed by atoms with Crippen molar-refractivity contribution < 1.29 is 4.42 Å². The molecule has 94 valence electrons. The molecule has 0 unspecified atom stereocenters. The number of nitrogen functional groups attached to an aromatic ring is 1. The Balaban J connectivity index is 1.89. The summed E-state index contributed by atoms with van der Waals surface area (Å²) in [5, 5.41) is 0. The first kappa shape index (κ1) is 11.2. The van der Waals surface area contributed by atoms with Crippen LogP contribution in [0.5, 0.6) is 0 Å². The normalized spacial score (nSPS) is 14.7. The van der Waals surface area contributed by atoms with Gasteiger partial charge >= 0.3 is 0 Å². The highest BCUT2D eigenvalue weighted by Gasteiger charge is 2.30. The molecule has 0 aliphatic heterocycles. The first-order valence-electron chi connectivity index (χ1n) is 6.39. The summed E-state index contributed by atoms with van der Waals surface area (Å²) in [5.74, 6) is 0.988. The van der Waals surface area contributed by atoms with Crippen molar-refractivity contribution in [3.63, 3.8) is 0 Å². The van der Waals surface area contributed by atoms with Crippen molar-refractivity contribution in [1.82, 2.24) is 0 Å². The monoisotopic (exact) mass is 242 g/mol. The lowest BCUT2D eigenvalue weighted by Crippen LogP contribution is -2.25. The van der Waals surface area contributed by atoms with Crippen molar-refractivity contribution >= 4 is 11.4 Å². The molecule has 2 N–H and O–H groups in total. The number of nitrogens with two attached hydrogens (primary N) is 1. The average molecular weight is 242 g/mol. The topological polar surface area (TPSA) is 42.4 Å². The molecule has 1 saturated carbocycles. The summed E-state index contributed by atoms with van der Waals surface area (Å²) >= 11 is 0. The maximum atomic E-state index is 6.14. The van der Waals surface area contributed by atoms with E-state index in [0.29, 0.717) is 6.04 Å². The summed E-state index contributed by atoms with van der Waals surface area (Å²) in [4.78, 5) is 2.35. The van der Waals surface area contributed by atoms with E-state index in [1.165, 1.54) is 18.4 Å². The van der Waals surface area contributed by atoms with E-state index in [1.807, 2.05) is 18.2 Å². The molecule has 0 amide bonds. The minimum atomic E-state index is 0.611. The van der Waals surface area contributed by atoms with Crippen molar-refractivity contribution in [2.24, 2.45) is 0 Å². The van der Waals surface area contributed by atoms with E-state index in [9.17, 15) is 0 Å². The van der Waals surface area contributed by atoms with Gasteiger partial charge in [-0.2, -0.15) is 0 Å². The minimum absolute atomic E-state index is 0.611. The van der Waals surface area contributed by atoms with Gasteiger partial charge in [-0.3, -0.25) is 0 Å². The molecule has 18 heavy (non-hydrogen) atoms. The second-order valence-electron chi connectivity index (χ2n) is 5.00. The number of anilines is 2. The first-order valence-corrected chi connectivity index (χ1v) is 6.39. The quantitative estimate of drug-likeness (QED) is 0.836. The first-order chi connectivity index (χ1) is 8.74. The highest BCUT2D eigenvalue weighted by molar-refractivity contribution is 5.69. The third kappa shape index (κ3) is 2.21. The van der Waals surface area contributed by atoms with Gasteiger partial charge < -0.3 is 15.1 Å². The van der Waals surface area contributed by atoms with Gasteiger partial charge in [0.05, 0.1) is 24.2 Å². The molecule has 0 spiro atoms. The van der Waals surface area contributed by atoms with Crippen molar-refractivity contribution in [3.05, 3.63) is 47.9 Å². The molecule has 0 bridgehead atoms. The Morgan fingerprint density at radius 1 is 1.33 bits per heavy atom. The standard InChI is InChI=1S/C15H18N2O/c1-11-4-7-15(14(16)9-11)17(12-5-6-12)10-13-3-2-8-18-13/h2-4,7-9,12H,5-6,10,16H2,1H3. The number of hydrogen-bond acceptors (Lipinski definition) is 3. The predicted molar refractivity (Wildman–Crippen MR) is 73.5 cm³/mol. The lowest BCUT2D eigenvalue weighted by molar-refractivity contribution is 0.501. The average Bonchev–Trinajstić information content (AvgIpc) is 3.05. The van der Waals surface area contributed by atoms with Crippen molar-refractivity contribution in [2.75, 3.05) is 10.6 Å². The van der Waals surface area contributed by atoms with Crippen LogP contribution in [-0.4, -0.2) is 6.04 Å². The van der Waals surface area contributed by atoms with Gasteiger partial charge in [-0.05, 0) is 49.6 Å². The lowest BCUT2D eigenvalue weighted by atomic mass is 10.1. The zero-order valence-corrected chi connectivity index (χ0v) is 10.6. The molecular formula is C15H18N2O. The van der Waals surface area contributed by atoms with Gasteiger partial charge in [0.2, 0.25) is 0 Å². The number of nitrogens with zero attached hydrogens (tertiary/aromatic N) is 1. The van der Waals surface area contributed by atoms with Crippen LogP contribution in [0, 0.1) is 6.92 Å². The SMILES string of the molecule is Cc1ccc(N(Cc2ccco2)C2CC2)c(N)c1. The van der Waals surface area contributed by atoms with E-state index in [-0.39, 0.29) is 0 Å². The van der Waals surface area contributed by atoms with Crippen molar-refractivity contribution in [1.29, 1.82) is 0 Å². The highest BCUT2D eigenvalue weighted by Crippen LogP contribution is 2.36. The van der Waals surface area contributed by atoms with Gasteiger partial charge in [-0.15, -0.1) is 0 Å².